The Morgan fingerprint density at radius 1 is 1.11 bits per heavy atom. The van der Waals surface area contributed by atoms with Crippen LogP contribution < -0.4 is 5.32 Å². The van der Waals surface area contributed by atoms with Crippen LogP contribution in [0.3, 0.4) is 0 Å². The molecule has 1 N–H and O–H groups in total. The topological polar surface area (TPSA) is 79.4 Å². The van der Waals surface area contributed by atoms with E-state index in [0.717, 1.165) is 24.1 Å². The summed E-state index contributed by atoms with van der Waals surface area (Å²) in [7, 11) is -3.56. The number of carbonyl (C=O) groups is 1. The largest absolute Gasteiger partial charge is 0.350 e. The number of hydrogen-bond donors (Lipinski definition) is 1. The average molecular weight is 398 g/mol. The van der Waals surface area contributed by atoms with Crippen molar-refractivity contribution in [3.8, 4) is 11.3 Å². The van der Waals surface area contributed by atoms with Gasteiger partial charge in [0.2, 0.25) is 15.9 Å². The van der Waals surface area contributed by atoms with E-state index in [0.29, 0.717) is 13.1 Å². The fraction of sp³-hybridized carbons (Fsp3) is 0.333. The number of sulfonamides is 1. The van der Waals surface area contributed by atoms with Gasteiger partial charge in [0.25, 0.3) is 0 Å². The van der Waals surface area contributed by atoms with Gasteiger partial charge in [0.1, 0.15) is 4.90 Å². The number of amides is 1. The summed E-state index contributed by atoms with van der Waals surface area (Å²) in [4.78, 5) is 16.1. The van der Waals surface area contributed by atoms with E-state index in [4.69, 9.17) is 0 Å². The molecule has 1 amide bonds. The molecular formula is C21H23N3O3S. The van der Waals surface area contributed by atoms with Crippen LogP contribution in [0.4, 0.5) is 0 Å². The van der Waals surface area contributed by atoms with Crippen molar-refractivity contribution in [2.24, 2.45) is 11.8 Å². The van der Waals surface area contributed by atoms with E-state index in [1.807, 2.05) is 30.3 Å². The van der Waals surface area contributed by atoms with Crippen LogP contribution in [0.25, 0.3) is 11.3 Å². The van der Waals surface area contributed by atoms with E-state index in [9.17, 15) is 13.2 Å². The molecule has 2 unspecified atom stereocenters. The molecule has 2 atom stereocenters. The molecular weight excluding hydrogens is 374 g/mol. The standard InChI is InChI=1S/C21H23N3O3S/c1-2-21(25)23-18-10-16-13-24(14-17(16)11-18)28(26,27)19-8-9-20(22-12-19)15-6-4-3-5-7-15/h2-9,12,16-18H,1,10-11,13-14H2,(H,23,25). The SMILES string of the molecule is C=CC(=O)NC1CC2CN(S(=O)(=O)c3ccc(-c4ccccc4)nc3)CC2C1. The summed E-state index contributed by atoms with van der Waals surface area (Å²) in [6, 6.07) is 13.2. The van der Waals surface area contributed by atoms with Crippen molar-refractivity contribution in [3.05, 3.63) is 61.3 Å². The van der Waals surface area contributed by atoms with Crippen molar-refractivity contribution in [1.29, 1.82) is 0 Å². The molecule has 2 aliphatic rings. The lowest BCUT2D eigenvalue weighted by Gasteiger charge is -2.19. The highest BCUT2D eigenvalue weighted by Gasteiger charge is 2.45. The van der Waals surface area contributed by atoms with Gasteiger partial charge in [-0.15, -0.1) is 0 Å². The number of rotatable bonds is 5. The van der Waals surface area contributed by atoms with Gasteiger partial charge in [-0.1, -0.05) is 36.9 Å². The van der Waals surface area contributed by atoms with Gasteiger partial charge in [-0.2, -0.15) is 4.31 Å². The predicted octanol–water partition coefficient (Wildman–Crippen LogP) is 2.45. The molecule has 1 aliphatic carbocycles. The fourth-order valence-corrected chi connectivity index (χ4v) is 5.79. The lowest BCUT2D eigenvalue weighted by Crippen LogP contribution is -2.35. The van der Waals surface area contributed by atoms with Crippen molar-refractivity contribution >= 4 is 15.9 Å². The number of carbonyl (C=O) groups excluding carboxylic acids is 1. The smallest absolute Gasteiger partial charge is 0.244 e. The maximum atomic E-state index is 13.0. The quantitative estimate of drug-likeness (QED) is 0.786. The van der Waals surface area contributed by atoms with Crippen molar-refractivity contribution in [2.75, 3.05) is 13.1 Å². The number of pyridine rings is 1. The molecule has 4 rings (SSSR count). The van der Waals surface area contributed by atoms with E-state index < -0.39 is 10.0 Å². The molecule has 1 aromatic heterocycles. The first-order valence-corrected chi connectivity index (χ1v) is 10.9. The van der Waals surface area contributed by atoms with Gasteiger partial charge in [0.15, 0.2) is 0 Å². The lowest BCUT2D eigenvalue weighted by molar-refractivity contribution is -0.117. The normalized spacial score (nSPS) is 24.6. The van der Waals surface area contributed by atoms with E-state index in [-0.39, 0.29) is 28.7 Å². The van der Waals surface area contributed by atoms with Gasteiger partial charge >= 0.3 is 0 Å². The van der Waals surface area contributed by atoms with E-state index >= 15 is 0 Å². The fourth-order valence-electron chi connectivity index (χ4n) is 4.29. The highest BCUT2D eigenvalue weighted by Crippen LogP contribution is 2.40. The molecule has 1 saturated heterocycles. The van der Waals surface area contributed by atoms with Crippen LogP contribution in [0.1, 0.15) is 12.8 Å². The third-order valence-corrected chi connectivity index (χ3v) is 7.51. The maximum absolute atomic E-state index is 13.0. The maximum Gasteiger partial charge on any atom is 0.244 e. The van der Waals surface area contributed by atoms with Gasteiger partial charge in [-0.05, 0) is 42.9 Å². The molecule has 0 bridgehead atoms. The summed E-state index contributed by atoms with van der Waals surface area (Å²) in [6.07, 6.45) is 4.33. The number of fused-ring (bicyclic) bond motifs is 1. The van der Waals surface area contributed by atoms with E-state index in [2.05, 4.69) is 16.9 Å². The highest BCUT2D eigenvalue weighted by molar-refractivity contribution is 7.89. The molecule has 1 aromatic carbocycles. The Morgan fingerprint density at radius 3 is 2.36 bits per heavy atom. The number of hydrogen-bond acceptors (Lipinski definition) is 4. The highest BCUT2D eigenvalue weighted by atomic mass is 32.2. The molecule has 28 heavy (non-hydrogen) atoms. The van der Waals surface area contributed by atoms with Gasteiger partial charge in [0, 0.05) is 30.9 Å². The Hall–Kier alpha value is -2.51. The molecule has 7 heteroatoms. The molecule has 2 fully saturated rings. The minimum absolute atomic E-state index is 0.108. The summed E-state index contributed by atoms with van der Waals surface area (Å²) in [5, 5.41) is 2.93. The Balaban J connectivity index is 1.44. The molecule has 2 aromatic rings. The van der Waals surface area contributed by atoms with Crippen LogP contribution in [-0.4, -0.2) is 42.7 Å². The minimum atomic E-state index is -3.56. The molecule has 0 radical (unpaired) electrons. The van der Waals surface area contributed by atoms with Crippen LogP contribution in [0.5, 0.6) is 0 Å². The Kier molecular flexibility index (Phi) is 5.03. The molecule has 1 aliphatic heterocycles. The zero-order valence-electron chi connectivity index (χ0n) is 15.5. The van der Waals surface area contributed by atoms with Crippen molar-refractivity contribution in [1.82, 2.24) is 14.6 Å². The summed E-state index contributed by atoms with van der Waals surface area (Å²) >= 11 is 0. The summed E-state index contributed by atoms with van der Waals surface area (Å²) in [5.41, 5.74) is 1.70. The molecule has 2 heterocycles. The van der Waals surface area contributed by atoms with E-state index in [1.165, 1.54) is 12.3 Å². The predicted molar refractivity (Wildman–Crippen MR) is 107 cm³/mol. The van der Waals surface area contributed by atoms with Crippen LogP contribution in [-0.2, 0) is 14.8 Å². The summed E-state index contributed by atoms with van der Waals surface area (Å²) in [6.45, 7) is 4.46. The van der Waals surface area contributed by atoms with Crippen molar-refractivity contribution in [2.45, 2.75) is 23.8 Å². The second-order valence-electron chi connectivity index (χ2n) is 7.47. The third kappa shape index (κ3) is 3.59. The summed E-state index contributed by atoms with van der Waals surface area (Å²) < 4.78 is 27.6. The first-order chi connectivity index (χ1) is 13.5. The second-order valence-corrected chi connectivity index (χ2v) is 9.41. The van der Waals surface area contributed by atoms with Crippen molar-refractivity contribution < 1.29 is 13.2 Å². The first-order valence-electron chi connectivity index (χ1n) is 9.42. The van der Waals surface area contributed by atoms with Gasteiger partial charge < -0.3 is 5.32 Å². The Labute approximate surface area is 165 Å². The zero-order valence-corrected chi connectivity index (χ0v) is 16.3. The van der Waals surface area contributed by atoms with Crippen molar-refractivity contribution in [3.63, 3.8) is 0 Å². The van der Waals surface area contributed by atoms with Gasteiger partial charge in [-0.25, -0.2) is 8.42 Å². The zero-order chi connectivity index (χ0) is 19.7. The Bertz CT molecular complexity index is 960. The van der Waals surface area contributed by atoms with Crippen LogP contribution in [0.2, 0.25) is 0 Å². The molecule has 6 nitrogen and oxygen atoms in total. The first kappa shape index (κ1) is 18.8. The average Bonchev–Trinajstić information content (AvgIpc) is 3.28. The number of nitrogens with one attached hydrogen (secondary N) is 1. The second kappa shape index (κ2) is 7.48. The molecule has 1 saturated carbocycles. The number of benzene rings is 1. The van der Waals surface area contributed by atoms with Crippen LogP contribution in [0.15, 0.2) is 66.2 Å². The molecule has 0 spiro atoms. The lowest BCUT2D eigenvalue weighted by atomic mass is 10.0. The molecule has 146 valence electrons. The van der Waals surface area contributed by atoms with Gasteiger partial charge in [-0.3, -0.25) is 9.78 Å². The van der Waals surface area contributed by atoms with Crippen LogP contribution >= 0.6 is 0 Å². The third-order valence-electron chi connectivity index (χ3n) is 5.69. The van der Waals surface area contributed by atoms with E-state index in [1.54, 1.807) is 16.4 Å². The number of nitrogens with zero attached hydrogens (tertiary/aromatic N) is 2. The van der Waals surface area contributed by atoms with Crippen LogP contribution in [0, 0.1) is 11.8 Å². The number of aromatic nitrogens is 1. The van der Waals surface area contributed by atoms with Gasteiger partial charge in [0.05, 0.1) is 5.69 Å². The minimum Gasteiger partial charge on any atom is -0.350 e. The monoisotopic (exact) mass is 397 g/mol. The Morgan fingerprint density at radius 2 is 1.79 bits per heavy atom. The summed E-state index contributed by atoms with van der Waals surface area (Å²) in [5.74, 6) is 0.391.